The lowest BCUT2D eigenvalue weighted by molar-refractivity contribution is 0.233. The highest BCUT2D eigenvalue weighted by atomic mass is 28.4. The number of aromatic nitrogens is 6. The van der Waals surface area contributed by atoms with Gasteiger partial charge in [-0.15, -0.1) is 0 Å². The van der Waals surface area contributed by atoms with Gasteiger partial charge >= 0.3 is 0 Å². The van der Waals surface area contributed by atoms with Crippen LogP contribution in [0.3, 0.4) is 0 Å². The Labute approximate surface area is 281 Å². The zero-order chi connectivity index (χ0) is 34.6. The molecule has 0 fully saturated rings. The molecule has 0 unspecified atom stereocenters. The van der Waals surface area contributed by atoms with Crippen molar-refractivity contribution < 1.29 is 22.7 Å². The minimum atomic E-state index is -1.87. The third-order valence-electron chi connectivity index (χ3n) is 8.39. The van der Waals surface area contributed by atoms with Gasteiger partial charge in [0.15, 0.2) is 25.7 Å². The van der Waals surface area contributed by atoms with Gasteiger partial charge in [0.2, 0.25) is 0 Å². The van der Waals surface area contributed by atoms with Crippen LogP contribution in [0.5, 0.6) is 11.5 Å². The van der Waals surface area contributed by atoms with Gasteiger partial charge in [-0.2, -0.15) is 5.10 Å². The first kappa shape index (κ1) is 34.8. The predicted molar refractivity (Wildman–Crippen MR) is 185 cm³/mol. The fourth-order valence-corrected chi connectivity index (χ4v) is 6.00. The SMILES string of the molecule is CCOc1cc(F)c(Cn2nc(-c3ncc(OCCCO[Si](C)(C)C(C)(C)C)c(Nc4cc(C)nc(C)n4)n3)c3ccccc32)c(F)c1. The molecule has 0 amide bonds. The average molecular weight is 676 g/mol. The van der Waals surface area contributed by atoms with Crippen molar-refractivity contribution in [3.8, 4) is 23.0 Å². The molecular formula is C35H43F2N7O3Si. The second-order valence-electron chi connectivity index (χ2n) is 13.1. The number of anilines is 2. The van der Waals surface area contributed by atoms with Crippen LogP contribution in [-0.4, -0.2) is 57.9 Å². The molecule has 0 bridgehead atoms. The predicted octanol–water partition coefficient (Wildman–Crippen LogP) is 8.16. The molecule has 48 heavy (non-hydrogen) atoms. The van der Waals surface area contributed by atoms with Crippen LogP contribution in [0.25, 0.3) is 22.4 Å². The standard InChI is InChI=1S/C35H43F2N7O3Si/c1-9-45-24-18-27(36)26(28(37)19-24)21-44-29-14-11-10-13-25(29)32(43-44)34-38-20-30(46-15-12-16-47-48(7,8)35(4,5)6)33(42-34)41-31-17-22(2)39-23(3)40-31/h10-11,13-14,17-20H,9,12,15-16,21H2,1-8H3,(H,38,39,40,41,42). The van der Waals surface area contributed by atoms with Gasteiger partial charge in [-0.05, 0) is 45.0 Å². The van der Waals surface area contributed by atoms with Crippen LogP contribution in [0.15, 0.2) is 48.7 Å². The summed E-state index contributed by atoms with van der Waals surface area (Å²) in [6.07, 6.45) is 2.28. The Kier molecular flexibility index (Phi) is 10.4. The molecule has 0 aliphatic carbocycles. The van der Waals surface area contributed by atoms with E-state index < -0.39 is 20.0 Å². The summed E-state index contributed by atoms with van der Waals surface area (Å²) in [5, 5.41) is 8.87. The summed E-state index contributed by atoms with van der Waals surface area (Å²) < 4.78 is 49.4. The van der Waals surface area contributed by atoms with Crippen LogP contribution in [0, 0.1) is 25.5 Å². The van der Waals surface area contributed by atoms with Crippen molar-refractivity contribution in [1.82, 2.24) is 29.7 Å². The van der Waals surface area contributed by atoms with Gasteiger partial charge < -0.3 is 19.2 Å². The third-order valence-corrected chi connectivity index (χ3v) is 12.9. The summed E-state index contributed by atoms with van der Waals surface area (Å²) in [7, 11) is -1.87. The van der Waals surface area contributed by atoms with E-state index in [-0.39, 0.29) is 22.9 Å². The van der Waals surface area contributed by atoms with Crippen LogP contribution >= 0.6 is 0 Å². The highest BCUT2D eigenvalue weighted by Gasteiger charge is 2.36. The van der Waals surface area contributed by atoms with Crippen molar-refractivity contribution in [3.63, 3.8) is 0 Å². The van der Waals surface area contributed by atoms with Crippen LogP contribution in [0.1, 0.15) is 51.2 Å². The highest BCUT2D eigenvalue weighted by molar-refractivity contribution is 6.74. The normalized spacial score (nSPS) is 12.0. The van der Waals surface area contributed by atoms with Crippen molar-refractivity contribution in [2.75, 3.05) is 25.1 Å². The summed E-state index contributed by atoms with van der Waals surface area (Å²) in [5.74, 6) is 0.991. The molecule has 0 aliphatic rings. The maximum Gasteiger partial charge on any atom is 0.191 e. The van der Waals surface area contributed by atoms with Crippen molar-refractivity contribution in [2.24, 2.45) is 0 Å². The number of ether oxygens (including phenoxy) is 2. The average Bonchev–Trinajstić information content (AvgIpc) is 3.37. The minimum absolute atomic E-state index is 0.121. The highest BCUT2D eigenvalue weighted by Crippen LogP contribution is 2.37. The number of nitrogens with zero attached hydrogens (tertiary/aromatic N) is 6. The number of benzene rings is 2. The maximum atomic E-state index is 15.0. The zero-order valence-corrected chi connectivity index (χ0v) is 29.8. The monoisotopic (exact) mass is 675 g/mol. The van der Waals surface area contributed by atoms with E-state index in [1.165, 1.54) is 12.1 Å². The topological polar surface area (TPSA) is 109 Å². The second-order valence-corrected chi connectivity index (χ2v) is 17.9. The third kappa shape index (κ3) is 7.96. The molecule has 3 heterocycles. The first-order valence-electron chi connectivity index (χ1n) is 16.1. The number of nitrogens with one attached hydrogen (secondary N) is 1. The summed E-state index contributed by atoms with van der Waals surface area (Å²) in [6, 6.07) is 11.6. The van der Waals surface area contributed by atoms with Gasteiger partial charge in [0.25, 0.3) is 0 Å². The number of aryl methyl sites for hydroxylation is 2. The molecular weight excluding hydrogens is 633 g/mol. The molecule has 10 nitrogen and oxygen atoms in total. The number of rotatable bonds is 13. The van der Waals surface area contributed by atoms with E-state index in [2.05, 4.69) is 54.1 Å². The molecule has 0 atom stereocenters. The minimum Gasteiger partial charge on any atom is -0.494 e. The van der Waals surface area contributed by atoms with E-state index in [1.54, 1.807) is 17.8 Å². The Morgan fingerprint density at radius 1 is 0.938 bits per heavy atom. The Morgan fingerprint density at radius 2 is 1.67 bits per heavy atom. The number of hydrogen-bond acceptors (Lipinski definition) is 9. The molecule has 5 aromatic rings. The smallest absolute Gasteiger partial charge is 0.191 e. The lowest BCUT2D eigenvalue weighted by Gasteiger charge is -2.36. The van der Waals surface area contributed by atoms with E-state index in [9.17, 15) is 0 Å². The summed E-state index contributed by atoms with van der Waals surface area (Å²) in [4.78, 5) is 18.3. The molecule has 2 aromatic carbocycles. The quantitative estimate of drug-likeness (QED) is 0.0977. The van der Waals surface area contributed by atoms with Crippen LogP contribution in [0.2, 0.25) is 18.1 Å². The van der Waals surface area contributed by atoms with Gasteiger partial charge in [-0.25, -0.2) is 28.7 Å². The van der Waals surface area contributed by atoms with Crippen molar-refractivity contribution >= 4 is 30.9 Å². The summed E-state index contributed by atoms with van der Waals surface area (Å²) >= 11 is 0. The molecule has 254 valence electrons. The number of hydrogen-bond donors (Lipinski definition) is 1. The number of fused-ring (bicyclic) bond motifs is 1. The van der Waals surface area contributed by atoms with Gasteiger partial charge in [0.1, 0.15) is 34.7 Å². The lowest BCUT2D eigenvalue weighted by Crippen LogP contribution is -2.41. The van der Waals surface area contributed by atoms with Crippen molar-refractivity contribution in [1.29, 1.82) is 0 Å². The zero-order valence-electron chi connectivity index (χ0n) is 28.8. The van der Waals surface area contributed by atoms with E-state index in [0.29, 0.717) is 66.5 Å². The fourth-order valence-electron chi connectivity index (χ4n) is 4.91. The Hall–Kier alpha value is -4.49. The fraction of sp³-hybridized carbons (Fsp3) is 0.400. The van der Waals surface area contributed by atoms with Crippen molar-refractivity contribution in [3.05, 3.63) is 77.4 Å². The van der Waals surface area contributed by atoms with Crippen LogP contribution in [0.4, 0.5) is 20.4 Å². The molecule has 1 N–H and O–H groups in total. The van der Waals surface area contributed by atoms with Gasteiger partial charge in [-0.3, -0.25) is 4.68 Å². The molecule has 5 rings (SSSR count). The largest absolute Gasteiger partial charge is 0.494 e. The van der Waals surface area contributed by atoms with Gasteiger partial charge in [0, 0.05) is 47.9 Å². The van der Waals surface area contributed by atoms with Crippen LogP contribution < -0.4 is 14.8 Å². The summed E-state index contributed by atoms with van der Waals surface area (Å²) in [5.41, 5.74) is 1.78. The van der Waals surface area contributed by atoms with Crippen LogP contribution in [-0.2, 0) is 11.0 Å². The molecule has 0 spiro atoms. The molecule has 13 heteroatoms. The summed E-state index contributed by atoms with van der Waals surface area (Å²) in [6.45, 7) is 17.7. The molecule has 0 aliphatic heterocycles. The van der Waals surface area contributed by atoms with Gasteiger partial charge in [0.05, 0.1) is 31.5 Å². The van der Waals surface area contributed by atoms with E-state index in [1.807, 2.05) is 44.2 Å². The van der Waals surface area contributed by atoms with E-state index >= 15 is 8.78 Å². The molecule has 0 saturated heterocycles. The second kappa shape index (κ2) is 14.3. The molecule has 3 aromatic heterocycles. The molecule has 0 radical (unpaired) electrons. The Morgan fingerprint density at radius 3 is 2.35 bits per heavy atom. The maximum absolute atomic E-state index is 15.0. The Bertz CT molecular complexity index is 1870. The van der Waals surface area contributed by atoms with Crippen molar-refractivity contribution in [2.45, 2.75) is 72.6 Å². The number of halogens is 2. The first-order chi connectivity index (χ1) is 22.8. The first-order valence-corrected chi connectivity index (χ1v) is 19.0. The van der Waals surface area contributed by atoms with E-state index in [4.69, 9.17) is 24.0 Å². The number of para-hydroxylation sites is 1. The lowest BCUT2D eigenvalue weighted by atomic mass is 10.1. The van der Waals surface area contributed by atoms with Gasteiger partial charge in [-0.1, -0.05) is 39.0 Å². The molecule has 0 saturated carbocycles. The van der Waals surface area contributed by atoms with E-state index in [0.717, 1.165) is 11.1 Å². The Balaban J connectivity index is 1.46.